The fourth-order valence-electron chi connectivity index (χ4n) is 3.13. The van der Waals surface area contributed by atoms with Crippen molar-refractivity contribution in [3.05, 3.63) is 87.9 Å². The van der Waals surface area contributed by atoms with E-state index in [4.69, 9.17) is 4.42 Å². The first-order chi connectivity index (χ1) is 14.4. The number of aromatic nitrogens is 1. The summed E-state index contributed by atoms with van der Waals surface area (Å²) in [7, 11) is 0. The number of nitrogens with one attached hydrogen (secondary N) is 1. The van der Waals surface area contributed by atoms with Crippen molar-refractivity contribution in [2.45, 2.75) is 13.8 Å². The van der Waals surface area contributed by atoms with Crippen LogP contribution in [0.5, 0.6) is 0 Å². The standard InChI is InChI=1S/C22H17N3O4S/c1-13-5-10-17(14(2)12-13)19-20(15-6-8-16(9-7-15)25(27)28)30-22(23-19)24-21(26)18-4-3-11-29-18/h3-12H,1-2H3,(H,23,24,26). The Bertz CT molecular complexity index is 1230. The quantitative estimate of drug-likeness (QED) is 0.323. The summed E-state index contributed by atoms with van der Waals surface area (Å²) in [4.78, 5) is 28.4. The van der Waals surface area contributed by atoms with Crippen LogP contribution in [0.2, 0.25) is 0 Å². The van der Waals surface area contributed by atoms with Crippen molar-refractivity contribution in [2.75, 3.05) is 5.32 Å². The van der Waals surface area contributed by atoms with Crippen LogP contribution in [-0.2, 0) is 0 Å². The number of hydrogen-bond acceptors (Lipinski definition) is 6. The molecule has 2 aromatic heterocycles. The van der Waals surface area contributed by atoms with Gasteiger partial charge < -0.3 is 4.42 Å². The first-order valence-electron chi connectivity index (χ1n) is 9.10. The van der Waals surface area contributed by atoms with Crippen LogP contribution in [0.25, 0.3) is 21.7 Å². The molecule has 0 atom stereocenters. The number of benzene rings is 2. The van der Waals surface area contributed by atoms with E-state index in [1.165, 1.54) is 29.7 Å². The van der Waals surface area contributed by atoms with Gasteiger partial charge in [0.2, 0.25) is 0 Å². The Labute approximate surface area is 176 Å². The summed E-state index contributed by atoms with van der Waals surface area (Å²) >= 11 is 1.31. The van der Waals surface area contributed by atoms with Crippen LogP contribution >= 0.6 is 11.3 Å². The number of carbonyl (C=O) groups excluding carboxylic acids is 1. The first-order valence-corrected chi connectivity index (χ1v) is 9.92. The molecule has 0 radical (unpaired) electrons. The molecule has 2 aromatic carbocycles. The minimum absolute atomic E-state index is 0.0164. The minimum atomic E-state index is -0.434. The Hall–Kier alpha value is -3.78. The van der Waals surface area contributed by atoms with Gasteiger partial charge in [0.1, 0.15) is 0 Å². The SMILES string of the molecule is Cc1ccc(-c2nc(NC(=O)c3ccco3)sc2-c2ccc([N+](=O)[O-])cc2)c(C)c1. The number of hydrogen-bond donors (Lipinski definition) is 1. The number of amides is 1. The summed E-state index contributed by atoms with van der Waals surface area (Å²) in [6.45, 7) is 4.02. The van der Waals surface area contributed by atoms with E-state index in [2.05, 4.69) is 16.4 Å². The van der Waals surface area contributed by atoms with E-state index >= 15 is 0 Å². The number of non-ortho nitro benzene ring substituents is 1. The monoisotopic (exact) mass is 419 g/mol. The number of rotatable bonds is 5. The van der Waals surface area contributed by atoms with E-state index in [1.54, 1.807) is 24.3 Å². The zero-order valence-corrected chi connectivity index (χ0v) is 17.0. The summed E-state index contributed by atoms with van der Waals surface area (Å²) in [6, 6.07) is 15.6. The van der Waals surface area contributed by atoms with Gasteiger partial charge in [-0.1, -0.05) is 35.1 Å². The van der Waals surface area contributed by atoms with Gasteiger partial charge in [0.15, 0.2) is 10.9 Å². The van der Waals surface area contributed by atoms with E-state index in [-0.39, 0.29) is 11.4 Å². The van der Waals surface area contributed by atoms with Gasteiger partial charge in [0, 0.05) is 17.7 Å². The summed E-state index contributed by atoms with van der Waals surface area (Å²) < 4.78 is 5.14. The molecule has 0 aliphatic heterocycles. The number of nitrogens with zero attached hydrogens (tertiary/aromatic N) is 2. The fourth-order valence-corrected chi connectivity index (χ4v) is 4.11. The van der Waals surface area contributed by atoms with Gasteiger partial charge in [0.05, 0.1) is 21.8 Å². The zero-order valence-electron chi connectivity index (χ0n) is 16.2. The number of furan rings is 1. The Morgan fingerprint density at radius 2 is 1.90 bits per heavy atom. The molecule has 1 N–H and O–H groups in total. The summed E-state index contributed by atoms with van der Waals surface area (Å²) in [5, 5.41) is 14.2. The molecule has 1 amide bonds. The van der Waals surface area contributed by atoms with E-state index in [0.717, 1.165) is 27.1 Å². The topological polar surface area (TPSA) is 98.3 Å². The zero-order chi connectivity index (χ0) is 21.3. The smallest absolute Gasteiger partial charge is 0.293 e. The van der Waals surface area contributed by atoms with E-state index in [9.17, 15) is 14.9 Å². The van der Waals surface area contributed by atoms with Crippen LogP contribution in [0.3, 0.4) is 0 Å². The van der Waals surface area contributed by atoms with Gasteiger partial charge in [-0.05, 0) is 49.2 Å². The Morgan fingerprint density at radius 1 is 1.13 bits per heavy atom. The number of nitro groups is 1. The van der Waals surface area contributed by atoms with E-state index in [0.29, 0.717) is 10.8 Å². The summed E-state index contributed by atoms with van der Waals surface area (Å²) in [6.07, 6.45) is 1.43. The maximum Gasteiger partial charge on any atom is 0.293 e. The van der Waals surface area contributed by atoms with Gasteiger partial charge >= 0.3 is 0 Å². The Morgan fingerprint density at radius 3 is 2.53 bits per heavy atom. The molecular weight excluding hydrogens is 402 g/mol. The molecule has 0 saturated heterocycles. The van der Waals surface area contributed by atoms with Crippen LogP contribution in [0, 0.1) is 24.0 Å². The average Bonchev–Trinajstić information content (AvgIpc) is 3.38. The van der Waals surface area contributed by atoms with Crippen molar-refractivity contribution >= 4 is 28.1 Å². The van der Waals surface area contributed by atoms with Gasteiger partial charge in [-0.25, -0.2) is 4.98 Å². The number of aryl methyl sites for hydroxylation is 2. The minimum Gasteiger partial charge on any atom is -0.459 e. The molecule has 0 aliphatic rings. The predicted octanol–water partition coefficient (Wildman–Crippen LogP) is 5.85. The summed E-state index contributed by atoms with van der Waals surface area (Å²) in [5.74, 6) is -0.202. The largest absolute Gasteiger partial charge is 0.459 e. The third-order valence-electron chi connectivity index (χ3n) is 4.57. The third kappa shape index (κ3) is 3.85. The molecule has 30 heavy (non-hydrogen) atoms. The molecule has 0 saturated carbocycles. The van der Waals surface area contributed by atoms with Crippen molar-refractivity contribution in [1.82, 2.24) is 4.98 Å². The first kappa shape index (κ1) is 19.5. The Kier molecular flexibility index (Phi) is 5.16. The van der Waals surface area contributed by atoms with Gasteiger partial charge in [0.25, 0.3) is 11.6 Å². The van der Waals surface area contributed by atoms with Gasteiger partial charge in [-0.15, -0.1) is 0 Å². The van der Waals surface area contributed by atoms with Crippen LogP contribution in [0.4, 0.5) is 10.8 Å². The van der Waals surface area contributed by atoms with Crippen LogP contribution < -0.4 is 5.32 Å². The van der Waals surface area contributed by atoms with Crippen molar-refractivity contribution in [1.29, 1.82) is 0 Å². The lowest BCUT2D eigenvalue weighted by atomic mass is 10.0. The molecular formula is C22H17N3O4S. The molecule has 2 heterocycles. The number of thiazole rings is 1. The van der Waals surface area contributed by atoms with Crippen molar-refractivity contribution < 1.29 is 14.1 Å². The molecule has 0 aliphatic carbocycles. The van der Waals surface area contributed by atoms with Crippen molar-refractivity contribution in [2.24, 2.45) is 0 Å². The van der Waals surface area contributed by atoms with Crippen molar-refractivity contribution in [3.8, 4) is 21.7 Å². The van der Waals surface area contributed by atoms with E-state index in [1.807, 2.05) is 26.0 Å². The highest BCUT2D eigenvalue weighted by molar-refractivity contribution is 7.19. The molecule has 8 heteroatoms. The number of nitro benzene ring substituents is 1. The number of anilines is 1. The highest BCUT2D eigenvalue weighted by Crippen LogP contribution is 2.40. The third-order valence-corrected chi connectivity index (χ3v) is 5.59. The van der Waals surface area contributed by atoms with Crippen LogP contribution in [-0.4, -0.2) is 15.8 Å². The molecule has 0 unspecified atom stereocenters. The van der Waals surface area contributed by atoms with Crippen LogP contribution in [0.1, 0.15) is 21.7 Å². The molecule has 4 aromatic rings. The summed E-state index contributed by atoms with van der Waals surface area (Å²) in [5.41, 5.74) is 4.63. The fraction of sp³-hybridized carbons (Fsp3) is 0.0909. The second-order valence-electron chi connectivity index (χ2n) is 6.75. The lowest BCUT2D eigenvalue weighted by Gasteiger charge is -2.07. The maximum absolute atomic E-state index is 12.4. The highest BCUT2D eigenvalue weighted by atomic mass is 32.1. The molecule has 150 valence electrons. The molecule has 0 bridgehead atoms. The Balaban J connectivity index is 1.79. The van der Waals surface area contributed by atoms with Gasteiger partial charge in [-0.3, -0.25) is 20.2 Å². The van der Waals surface area contributed by atoms with E-state index < -0.39 is 10.8 Å². The second-order valence-corrected chi connectivity index (χ2v) is 7.75. The lowest BCUT2D eigenvalue weighted by Crippen LogP contribution is -2.10. The van der Waals surface area contributed by atoms with Crippen molar-refractivity contribution in [3.63, 3.8) is 0 Å². The number of carbonyl (C=O) groups is 1. The average molecular weight is 419 g/mol. The highest BCUT2D eigenvalue weighted by Gasteiger charge is 2.19. The molecule has 4 rings (SSSR count). The van der Waals surface area contributed by atoms with Crippen LogP contribution in [0.15, 0.2) is 65.3 Å². The molecule has 0 fully saturated rings. The normalized spacial score (nSPS) is 10.7. The lowest BCUT2D eigenvalue weighted by molar-refractivity contribution is -0.384. The predicted molar refractivity (Wildman–Crippen MR) is 116 cm³/mol. The van der Waals surface area contributed by atoms with Gasteiger partial charge in [-0.2, -0.15) is 0 Å². The molecule has 0 spiro atoms. The second kappa shape index (κ2) is 7.92. The molecule has 7 nitrogen and oxygen atoms in total. The maximum atomic E-state index is 12.4.